The van der Waals surface area contributed by atoms with Crippen LogP contribution in [0.5, 0.6) is 0 Å². The Bertz CT molecular complexity index is 1100. The molecule has 1 N–H and O–H groups in total. The second-order valence-electron chi connectivity index (χ2n) is 9.67. The molecular formula is C25H33N3O3S. The van der Waals surface area contributed by atoms with E-state index in [4.69, 9.17) is 0 Å². The summed E-state index contributed by atoms with van der Waals surface area (Å²) >= 11 is 0. The summed E-state index contributed by atoms with van der Waals surface area (Å²) in [5, 5.41) is 3.03. The second kappa shape index (κ2) is 8.87. The van der Waals surface area contributed by atoms with E-state index in [0.29, 0.717) is 31.0 Å². The number of likely N-dealkylation sites (tertiary alicyclic amines) is 1. The van der Waals surface area contributed by atoms with Crippen LogP contribution in [0.3, 0.4) is 0 Å². The van der Waals surface area contributed by atoms with Crippen molar-refractivity contribution in [2.75, 3.05) is 30.5 Å². The van der Waals surface area contributed by atoms with Crippen molar-refractivity contribution in [3.63, 3.8) is 0 Å². The molecule has 2 heterocycles. The zero-order chi connectivity index (χ0) is 22.9. The third-order valence-electron chi connectivity index (χ3n) is 6.72. The van der Waals surface area contributed by atoms with E-state index in [1.165, 1.54) is 23.2 Å². The van der Waals surface area contributed by atoms with Crippen LogP contribution in [0.4, 0.5) is 5.69 Å². The molecule has 0 saturated carbocycles. The number of nitrogens with one attached hydrogen (secondary N) is 1. The van der Waals surface area contributed by atoms with Crippen molar-refractivity contribution < 1.29 is 13.2 Å². The Labute approximate surface area is 191 Å². The predicted molar refractivity (Wildman–Crippen MR) is 128 cm³/mol. The third kappa shape index (κ3) is 4.55. The Balaban J connectivity index is 1.47. The van der Waals surface area contributed by atoms with Crippen LogP contribution >= 0.6 is 0 Å². The first kappa shape index (κ1) is 22.8. The van der Waals surface area contributed by atoms with E-state index in [9.17, 15) is 13.2 Å². The van der Waals surface area contributed by atoms with Gasteiger partial charge in [0, 0.05) is 30.7 Å². The molecule has 1 amide bonds. The summed E-state index contributed by atoms with van der Waals surface area (Å²) < 4.78 is 28.1. The number of para-hydroxylation sites is 1. The van der Waals surface area contributed by atoms with Crippen LogP contribution in [0.15, 0.2) is 53.4 Å². The van der Waals surface area contributed by atoms with Gasteiger partial charge in [0.15, 0.2) is 0 Å². The van der Waals surface area contributed by atoms with Gasteiger partial charge in [-0.3, -0.25) is 14.0 Å². The van der Waals surface area contributed by atoms with Gasteiger partial charge in [-0.15, -0.1) is 0 Å². The summed E-state index contributed by atoms with van der Waals surface area (Å²) in [6, 6.07) is 13.9. The topological polar surface area (TPSA) is 69.7 Å². The molecule has 2 aliphatic rings. The van der Waals surface area contributed by atoms with E-state index in [1.807, 2.05) is 24.3 Å². The van der Waals surface area contributed by atoms with Crippen LogP contribution < -0.4 is 9.62 Å². The minimum absolute atomic E-state index is 0.144. The molecule has 2 aliphatic heterocycles. The first-order valence-corrected chi connectivity index (χ1v) is 12.9. The second-order valence-corrected chi connectivity index (χ2v) is 11.5. The molecule has 2 aromatic carbocycles. The van der Waals surface area contributed by atoms with Gasteiger partial charge in [0.25, 0.3) is 15.9 Å². The highest BCUT2D eigenvalue weighted by Crippen LogP contribution is 2.32. The number of rotatable bonds is 6. The van der Waals surface area contributed by atoms with Gasteiger partial charge in [-0.25, -0.2) is 8.42 Å². The van der Waals surface area contributed by atoms with E-state index >= 15 is 0 Å². The van der Waals surface area contributed by atoms with Crippen molar-refractivity contribution in [3.05, 3.63) is 59.7 Å². The van der Waals surface area contributed by atoms with Crippen LogP contribution in [-0.4, -0.2) is 50.9 Å². The molecule has 2 aromatic rings. The number of hydrogen-bond donors (Lipinski definition) is 1. The molecule has 1 fully saturated rings. The highest BCUT2D eigenvalue weighted by Gasteiger charge is 2.32. The van der Waals surface area contributed by atoms with E-state index in [-0.39, 0.29) is 16.3 Å². The summed E-state index contributed by atoms with van der Waals surface area (Å²) in [5.41, 5.74) is 1.95. The molecule has 1 unspecified atom stereocenters. The van der Waals surface area contributed by atoms with E-state index < -0.39 is 10.0 Å². The fourth-order valence-corrected chi connectivity index (χ4v) is 6.28. The number of piperidine rings is 1. The quantitative estimate of drug-likeness (QED) is 0.721. The first-order valence-electron chi connectivity index (χ1n) is 11.4. The molecule has 6 nitrogen and oxygen atoms in total. The molecule has 0 spiro atoms. The summed E-state index contributed by atoms with van der Waals surface area (Å²) in [5.74, 6) is 0.415. The zero-order valence-electron chi connectivity index (χ0n) is 19.2. The summed E-state index contributed by atoms with van der Waals surface area (Å²) in [7, 11) is -3.73. The predicted octanol–water partition coefficient (Wildman–Crippen LogP) is 3.68. The maximum atomic E-state index is 13.3. The summed E-state index contributed by atoms with van der Waals surface area (Å²) in [4.78, 5) is 15.5. The Hall–Kier alpha value is -2.38. The molecule has 4 rings (SSSR count). The van der Waals surface area contributed by atoms with Gasteiger partial charge < -0.3 is 5.32 Å². The Morgan fingerprint density at radius 2 is 1.91 bits per heavy atom. The fourth-order valence-electron chi connectivity index (χ4n) is 4.73. The van der Waals surface area contributed by atoms with Crippen molar-refractivity contribution >= 4 is 21.6 Å². The zero-order valence-corrected chi connectivity index (χ0v) is 20.0. The van der Waals surface area contributed by atoms with Crippen molar-refractivity contribution in [3.8, 4) is 0 Å². The van der Waals surface area contributed by atoms with Gasteiger partial charge in [0.1, 0.15) is 0 Å². The van der Waals surface area contributed by atoms with E-state index in [2.05, 4.69) is 31.0 Å². The van der Waals surface area contributed by atoms with Crippen LogP contribution in [0.1, 0.15) is 49.5 Å². The number of nitrogens with zero attached hydrogens (tertiary/aromatic N) is 2. The normalized spacial score (nSPS) is 19.6. The van der Waals surface area contributed by atoms with Crippen molar-refractivity contribution in [2.45, 2.75) is 50.5 Å². The van der Waals surface area contributed by atoms with E-state index in [0.717, 1.165) is 24.3 Å². The summed E-state index contributed by atoms with van der Waals surface area (Å²) in [6.07, 6.45) is 3.12. The number of anilines is 1. The third-order valence-corrected chi connectivity index (χ3v) is 8.53. The number of sulfonamides is 1. The van der Waals surface area contributed by atoms with Crippen LogP contribution in [-0.2, 0) is 16.4 Å². The molecule has 0 aliphatic carbocycles. The average molecular weight is 456 g/mol. The van der Waals surface area contributed by atoms with Gasteiger partial charge in [-0.1, -0.05) is 31.2 Å². The molecule has 32 heavy (non-hydrogen) atoms. The molecule has 0 bridgehead atoms. The minimum atomic E-state index is -3.73. The first-order chi connectivity index (χ1) is 15.2. The van der Waals surface area contributed by atoms with Crippen molar-refractivity contribution in [2.24, 2.45) is 5.92 Å². The lowest BCUT2D eigenvalue weighted by molar-refractivity contribution is 0.0657. The van der Waals surface area contributed by atoms with Crippen LogP contribution in [0, 0.1) is 5.92 Å². The van der Waals surface area contributed by atoms with Gasteiger partial charge in [0.2, 0.25) is 0 Å². The van der Waals surface area contributed by atoms with Gasteiger partial charge in [-0.2, -0.15) is 0 Å². The van der Waals surface area contributed by atoms with Crippen LogP contribution in [0.25, 0.3) is 0 Å². The molecule has 0 radical (unpaired) electrons. The Morgan fingerprint density at radius 1 is 1.12 bits per heavy atom. The number of amides is 1. The largest absolute Gasteiger partial charge is 0.350 e. The maximum absolute atomic E-state index is 13.3. The molecule has 1 saturated heterocycles. The number of carbonyl (C=O) groups is 1. The van der Waals surface area contributed by atoms with Crippen LogP contribution in [0.2, 0.25) is 0 Å². The fraction of sp³-hybridized carbons (Fsp3) is 0.480. The van der Waals surface area contributed by atoms with Crippen molar-refractivity contribution in [1.29, 1.82) is 0 Å². The number of fused-ring (bicyclic) bond motifs is 1. The molecule has 1 atom stereocenters. The smallest absolute Gasteiger partial charge is 0.264 e. The standard InChI is InChI=1S/C25H33N3O3S/c1-19-8-7-14-27(17-19)25(2,3)18-26-24(29)21-10-6-11-22(16-21)32(30,31)28-15-13-20-9-4-5-12-23(20)28/h4-6,9-12,16,19H,7-8,13-15,17-18H2,1-3H3,(H,26,29). The Morgan fingerprint density at radius 3 is 2.69 bits per heavy atom. The Kier molecular flexibility index (Phi) is 6.32. The maximum Gasteiger partial charge on any atom is 0.264 e. The van der Waals surface area contributed by atoms with E-state index in [1.54, 1.807) is 18.2 Å². The minimum Gasteiger partial charge on any atom is -0.350 e. The molecule has 0 aromatic heterocycles. The van der Waals surface area contributed by atoms with Gasteiger partial charge in [-0.05, 0) is 75.4 Å². The molecular weight excluding hydrogens is 422 g/mol. The monoisotopic (exact) mass is 455 g/mol. The lowest BCUT2D eigenvalue weighted by atomic mass is 9.93. The van der Waals surface area contributed by atoms with Gasteiger partial charge in [0.05, 0.1) is 10.6 Å². The number of hydrogen-bond acceptors (Lipinski definition) is 4. The summed E-state index contributed by atoms with van der Waals surface area (Å²) in [6.45, 7) is 9.57. The number of carbonyl (C=O) groups excluding carboxylic acids is 1. The highest BCUT2D eigenvalue weighted by atomic mass is 32.2. The van der Waals surface area contributed by atoms with Crippen molar-refractivity contribution in [1.82, 2.24) is 10.2 Å². The lowest BCUT2D eigenvalue weighted by Gasteiger charge is -2.43. The average Bonchev–Trinajstić information content (AvgIpc) is 3.23. The number of benzene rings is 2. The highest BCUT2D eigenvalue weighted by molar-refractivity contribution is 7.92. The SMILES string of the molecule is CC1CCCN(C(C)(C)CNC(=O)c2cccc(S(=O)(=O)N3CCc4ccccc43)c2)C1. The molecule has 7 heteroatoms. The molecule has 172 valence electrons. The lowest BCUT2D eigenvalue weighted by Crippen LogP contribution is -2.54. The van der Waals surface area contributed by atoms with Gasteiger partial charge >= 0.3 is 0 Å².